The van der Waals surface area contributed by atoms with E-state index >= 15 is 0 Å². The van der Waals surface area contributed by atoms with Crippen molar-refractivity contribution in [2.45, 2.75) is 6.54 Å². The molecule has 0 saturated heterocycles. The van der Waals surface area contributed by atoms with Crippen LogP contribution in [-0.4, -0.2) is 29.2 Å². The van der Waals surface area contributed by atoms with E-state index in [-0.39, 0.29) is 12.2 Å². The molecule has 1 amide bonds. The number of benzene rings is 2. The fourth-order valence-corrected chi connectivity index (χ4v) is 4.11. The maximum atomic E-state index is 13.0. The summed E-state index contributed by atoms with van der Waals surface area (Å²) in [7, 11) is 1.63. The van der Waals surface area contributed by atoms with Gasteiger partial charge >= 0.3 is 0 Å². The largest absolute Gasteiger partial charge is 0.497 e. The highest BCUT2D eigenvalue weighted by atomic mass is 32.1. The summed E-state index contributed by atoms with van der Waals surface area (Å²) in [5.41, 5.74) is 7.54. The lowest BCUT2D eigenvalue weighted by Gasteiger charge is -2.08. The molecule has 0 unspecified atom stereocenters. The van der Waals surface area contributed by atoms with Crippen LogP contribution in [-0.2, 0) is 11.3 Å². The van der Waals surface area contributed by atoms with Gasteiger partial charge in [0.15, 0.2) is 6.61 Å². The minimum atomic E-state index is -0.545. The van der Waals surface area contributed by atoms with Crippen LogP contribution in [0.2, 0.25) is 0 Å². The molecule has 2 aromatic heterocycles. The van der Waals surface area contributed by atoms with Crippen LogP contribution in [0, 0.1) is 0 Å². The van der Waals surface area contributed by atoms with Crippen molar-refractivity contribution in [2.75, 3.05) is 13.7 Å². The summed E-state index contributed by atoms with van der Waals surface area (Å²) < 4.78 is 12.7. The third-order valence-electron chi connectivity index (χ3n) is 4.51. The Hall–Kier alpha value is -3.65. The summed E-state index contributed by atoms with van der Waals surface area (Å²) in [5.74, 6) is 0.755. The standard InChI is InChI=1S/C22H19N3O4S/c1-28-16-7-5-15(6-8-16)19-10-18-21(30-19)22(27)25(13-24-18)11-14-3-2-4-17(9-14)29-12-20(23)26/h2-10,13H,11-12H2,1H3,(H2,23,26). The molecule has 0 bridgehead atoms. The first-order valence-electron chi connectivity index (χ1n) is 9.17. The van der Waals surface area contributed by atoms with E-state index in [4.69, 9.17) is 15.2 Å². The van der Waals surface area contributed by atoms with Crippen LogP contribution in [0.3, 0.4) is 0 Å². The molecule has 0 atom stereocenters. The molecule has 0 fully saturated rings. The predicted molar refractivity (Wildman–Crippen MR) is 116 cm³/mol. The zero-order valence-corrected chi connectivity index (χ0v) is 17.0. The lowest BCUT2D eigenvalue weighted by molar-refractivity contribution is -0.119. The number of thiophene rings is 1. The first kappa shape index (κ1) is 19.7. The van der Waals surface area contributed by atoms with Gasteiger partial charge in [0, 0.05) is 4.88 Å². The molecule has 8 heteroatoms. The van der Waals surface area contributed by atoms with Crippen molar-refractivity contribution < 1.29 is 14.3 Å². The maximum absolute atomic E-state index is 13.0. The van der Waals surface area contributed by atoms with Crippen LogP contribution in [0.25, 0.3) is 20.7 Å². The Morgan fingerprint density at radius 1 is 1.13 bits per heavy atom. The van der Waals surface area contributed by atoms with Gasteiger partial charge in [-0.05, 0) is 53.6 Å². The van der Waals surface area contributed by atoms with Crippen molar-refractivity contribution in [3.63, 3.8) is 0 Å². The third kappa shape index (κ3) is 4.18. The summed E-state index contributed by atoms with van der Waals surface area (Å²) in [6.45, 7) is 0.144. The Labute approximate surface area is 176 Å². The molecule has 2 N–H and O–H groups in total. The van der Waals surface area contributed by atoms with Gasteiger partial charge in [-0.3, -0.25) is 14.2 Å². The molecule has 30 heavy (non-hydrogen) atoms. The Bertz CT molecular complexity index is 1260. The van der Waals surface area contributed by atoms with Crippen LogP contribution in [0.5, 0.6) is 11.5 Å². The van der Waals surface area contributed by atoms with Crippen LogP contribution < -0.4 is 20.8 Å². The molecular weight excluding hydrogens is 402 g/mol. The van der Waals surface area contributed by atoms with Gasteiger partial charge < -0.3 is 15.2 Å². The molecule has 152 valence electrons. The second-order valence-electron chi connectivity index (χ2n) is 6.63. The zero-order valence-electron chi connectivity index (χ0n) is 16.2. The number of amides is 1. The molecular formula is C22H19N3O4S. The second-order valence-corrected chi connectivity index (χ2v) is 7.69. The second kappa shape index (κ2) is 8.38. The minimum Gasteiger partial charge on any atom is -0.497 e. The topological polar surface area (TPSA) is 96.4 Å². The van der Waals surface area contributed by atoms with E-state index in [2.05, 4.69) is 4.98 Å². The number of rotatable bonds is 7. The van der Waals surface area contributed by atoms with E-state index in [1.54, 1.807) is 36.2 Å². The van der Waals surface area contributed by atoms with Crippen molar-refractivity contribution in [1.29, 1.82) is 0 Å². The first-order valence-corrected chi connectivity index (χ1v) is 9.98. The molecule has 4 aromatic rings. The number of carbonyl (C=O) groups excluding carboxylic acids is 1. The summed E-state index contributed by atoms with van der Waals surface area (Å²) in [5, 5.41) is 0. The van der Waals surface area contributed by atoms with Crippen molar-refractivity contribution in [2.24, 2.45) is 5.73 Å². The average molecular weight is 421 g/mol. The number of methoxy groups -OCH3 is 1. The van der Waals surface area contributed by atoms with E-state index in [0.29, 0.717) is 22.5 Å². The van der Waals surface area contributed by atoms with E-state index in [1.807, 2.05) is 36.4 Å². The number of hydrogen-bond donors (Lipinski definition) is 1. The Balaban J connectivity index is 1.61. The van der Waals surface area contributed by atoms with Crippen molar-refractivity contribution in [3.8, 4) is 21.9 Å². The van der Waals surface area contributed by atoms with Crippen molar-refractivity contribution in [3.05, 3.63) is 76.8 Å². The average Bonchev–Trinajstić information content (AvgIpc) is 3.20. The molecule has 7 nitrogen and oxygen atoms in total. The van der Waals surface area contributed by atoms with Crippen LogP contribution in [0.15, 0.2) is 65.7 Å². The molecule has 4 rings (SSSR count). The molecule has 2 aromatic carbocycles. The summed E-state index contributed by atoms with van der Waals surface area (Å²) >= 11 is 1.42. The number of primary amides is 1. The highest BCUT2D eigenvalue weighted by Gasteiger charge is 2.11. The predicted octanol–water partition coefficient (Wildman–Crippen LogP) is 3.05. The number of hydrogen-bond acceptors (Lipinski definition) is 6. The molecule has 0 aliphatic rings. The molecule has 0 aliphatic carbocycles. The summed E-state index contributed by atoms with van der Waals surface area (Å²) in [6, 6.07) is 16.8. The van der Waals surface area contributed by atoms with Crippen LogP contribution >= 0.6 is 11.3 Å². The number of carbonyl (C=O) groups is 1. The van der Waals surface area contributed by atoms with E-state index in [0.717, 1.165) is 21.8 Å². The van der Waals surface area contributed by atoms with Gasteiger partial charge in [0.1, 0.15) is 16.2 Å². The number of ether oxygens (including phenoxy) is 2. The van der Waals surface area contributed by atoms with Crippen molar-refractivity contribution >= 4 is 27.5 Å². The smallest absolute Gasteiger partial charge is 0.271 e. The number of nitrogens with two attached hydrogens (primary N) is 1. The van der Waals surface area contributed by atoms with Gasteiger partial charge in [-0.25, -0.2) is 4.98 Å². The quantitative estimate of drug-likeness (QED) is 0.495. The molecule has 0 saturated carbocycles. The minimum absolute atomic E-state index is 0.104. The van der Waals surface area contributed by atoms with Crippen molar-refractivity contribution in [1.82, 2.24) is 9.55 Å². The fraction of sp³-hybridized carbons (Fsp3) is 0.136. The first-order chi connectivity index (χ1) is 14.5. The van der Waals surface area contributed by atoms with Crippen LogP contribution in [0.4, 0.5) is 0 Å². The van der Waals surface area contributed by atoms with Crippen LogP contribution in [0.1, 0.15) is 5.56 Å². The molecule has 0 spiro atoms. The fourth-order valence-electron chi connectivity index (χ4n) is 3.04. The SMILES string of the molecule is COc1ccc(-c2cc3ncn(Cc4cccc(OCC(N)=O)c4)c(=O)c3s2)cc1. The number of nitrogens with zero attached hydrogens (tertiary/aromatic N) is 2. The normalized spacial score (nSPS) is 10.8. The molecule has 0 aliphatic heterocycles. The Morgan fingerprint density at radius 3 is 2.67 bits per heavy atom. The highest BCUT2D eigenvalue weighted by molar-refractivity contribution is 7.22. The Kier molecular flexibility index (Phi) is 5.49. The van der Waals surface area contributed by atoms with Gasteiger partial charge in [0.2, 0.25) is 0 Å². The summed E-state index contributed by atoms with van der Waals surface area (Å²) in [4.78, 5) is 29.3. The molecule has 0 radical (unpaired) electrons. The number of fused-ring (bicyclic) bond motifs is 1. The number of aromatic nitrogens is 2. The molecule has 2 heterocycles. The van der Waals surface area contributed by atoms with Gasteiger partial charge in [-0.15, -0.1) is 11.3 Å². The summed E-state index contributed by atoms with van der Waals surface area (Å²) in [6.07, 6.45) is 1.55. The van der Waals surface area contributed by atoms with Gasteiger partial charge in [0.05, 0.1) is 25.5 Å². The maximum Gasteiger partial charge on any atom is 0.271 e. The lowest BCUT2D eigenvalue weighted by Crippen LogP contribution is -2.21. The third-order valence-corrected chi connectivity index (χ3v) is 5.67. The van der Waals surface area contributed by atoms with E-state index in [1.165, 1.54) is 11.3 Å². The van der Waals surface area contributed by atoms with Gasteiger partial charge in [-0.1, -0.05) is 12.1 Å². The zero-order chi connectivity index (χ0) is 21.1. The highest BCUT2D eigenvalue weighted by Crippen LogP contribution is 2.31. The van der Waals surface area contributed by atoms with Gasteiger partial charge in [-0.2, -0.15) is 0 Å². The Morgan fingerprint density at radius 2 is 1.93 bits per heavy atom. The lowest BCUT2D eigenvalue weighted by atomic mass is 10.2. The monoisotopic (exact) mass is 421 g/mol. The van der Waals surface area contributed by atoms with E-state index in [9.17, 15) is 9.59 Å². The van der Waals surface area contributed by atoms with E-state index < -0.39 is 5.91 Å². The van der Waals surface area contributed by atoms with Gasteiger partial charge in [0.25, 0.3) is 11.5 Å².